The molecule has 2 aliphatic heterocycles. The third-order valence-corrected chi connectivity index (χ3v) is 10.2. The monoisotopic (exact) mass is 586 g/mol. The Kier molecular flexibility index (Phi) is 9.41. The highest BCUT2D eigenvalue weighted by atomic mass is 16.6. The number of allylic oxidation sites excluding steroid dienone is 16. The Morgan fingerprint density at radius 1 is 0.512 bits per heavy atom. The van der Waals surface area contributed by atoms with Gasteiger partial charge in [0, 0.05) is 23.7 Å². The van der Waals surface area contributed by atoms with Crippen LogP contribution in [0, 0.1) is 10.8 Å². The minimum atomic E-state index is -0.293. The third-order valence-electron chi connectivity index (χ3n) is 10.2. The van der Waals surface area contributed by atoms with Gasteiger partial charge >= 0.3 is 0 Å². The van der Waals surface area contributed by atoms with Gasteiger partial charge in [0.05, 0.1) is 12.2 Å². The van der Waals surface area contributed by atoms with Gasteiger partial charge in [-0.1, -0.05) is 123 Å². The van der Waals surface area contributed by atoms with Crippen LogP contribution < -0.4 is 0 Å². The molecule has 0 unspecified atom stereocenters. The van der Waals surface area contributed by atoms with Gasteiger partial charge in [0.1, 0.15) is 22.4 Å². The fraction of sp³-hybridized carbons (Fsp3) is 0.538. The first-order chi connectivity index (χ1) is 20.0. The van der Waals surface area contributed by atoms with E-state index in [1.165, 1.54) is 16.7 Å². The van der Waals surface area contributed by atoms with E-state index in [1.807, 2.05) is 18.2 Å². The summed E-state index contributed by atoms with van der Waals surface area (Å²) >= 11 is 0. The molecule has 2 N–H and O–H groups in total. The molecule has 2 heterocycles. The highest BCUT2D eigenvalue weighted by molar-refractivity contribution is 5.37. The second kappa shape index (κ2) is 12.1. The zero-order valence-corrected chi connectivity index (χ0v) is 27.9. The van der Waals surface area contributed by atoms with Crippen molar-refractivity contribution in [3.8, 4) is 0 Å². The fourth-order valence-corrected chi connectivity index (χ4v) is 7.86. The first kappa shape index (κ1) is 33.4. The molecule has 4 heteroatoms. The number of aliphatic hydroxyl groups excluding tert-OH is 2. The van der Waals surface area contributed by atoms with Crippen molar-refractivity contribution < 1.29 is 19.7 Å². The van der Waals surface area contributed by atoms with Crippen LogP contribution in [0.1, 0.15) is 88.0 Å². The van der Waals surface area contributed by atoms with Gasteiger partial charge in [0.2, 0.25) is 0 Å². The average Bonchev–Trinajstić information content (AvgIpc) is 3.71. The molecule has 0 spiro atoms. The zero-order chi connectivity index (χ0) is 31.7. The van der Waals surface area contributed by atoms with Crippen molar-refractivity contribution in [2.75, 3.05) is 0 Å². The Labute approximate surface area is 260 Å². The Bertz CT molecular complexity index is 1330. The van der Waals surface area contributed by atoms with Gasteiger partial charge < -0.3 is 19.7 Å². The smallest absolute Gasteiger partial charge is 0.121 e. The molecule has 4 aliphatic rings. The Hall–Kier alpha value is -2.50. The van der Waals surface area contributed by atoms with E-state index in [0.29, 0.717) is 12.8 Å². The summed E-state index contributed by atoms with van der Waals surface area (Å²) in [6, 6.07) is 0. The van der Waals surface area contributed by atoms with Crippen molar-refractivity contribution in [1.82, 2.24) is 0 Å². The number of epoxide rings is 2. The predicted octanol–water partition coefficient (Wildman–Crippen LogP) is 8.58. The topological polar surface area (TPSA) is 65.5 Å². The Morgan fingerprint density at radius 3 is 1.44 bits per heavy atom. The van der Waals surface area contributed by atoms with E-state index in [2.05, 4.69) is 135 Å². The first-order valence-corrected chi connectivity index (χ1v) is 15.9. The molecule has 2 aliphatic carbocycles. The van der Waals surface area contributed by atoms with Gasteiger partial charge in [-0.25, -0.2) is 0 Å². The molecule has 2 saturated carbocycles. The maximum absolute atomic E-state index is 10.2. The normalized spacial score (nSPS) is 39.6. The van der Waals surface area contributed by atoms with E-state index in [9.17, 15) is 10.2 Å². The minimum absolute atomic E-state index is 0.0894. The molecule has 0 aromatic heterocycles. The summed E-state index contributed by atoms with van der Waals surface area (Å²) in [5.74, 6) is 0. The number of ether oxygens (including phenoxy) is 2. The number of hydrogen-bond donors (Lipinski definition) is 2. The molecule has 6 atom stereocenters. The maximum Gasteiger partial charge on any atom is 0.121 e. The first-order valence-electron chi connectivity index (χ1n) is 15.9. The SMILES string of the molecule is CC(/C=C/C=C/C=C/[C@@]12O[C@]1(C)C[C@@H](O)CC2(C)C)=C\C=C\C=C(C)\C=C\C=C(C)\C=C\[C@@]12O[C@]1(C)C[C@@H](O)CC2(C)C. The average molecular weight is 587 g/mol. The molecule has 0 radical (unpaired) electrons. The van der Waals surface area contributed by atoms with E-state index >= 15 is 0 Å². The summed E-state index contributed by atoms with van der Waals surface area (Å²) < 4.78 is 12.4. The van der Waals surface area contributed by atoms with Gasteiger partial charge in [0.15, 0.2) is 0 Å². The lowest BCUT2D eigenvalue weighted by molar-refractivity contribution is 0.0510. The minimum Gasteiger partial charge on any atom is -0.393 e. The highest BCUT2D eigenvalue weighted by Gasteiger charge is 2.75. The zero-order valence-electron chi connectivity index (χ0n) is 27.9. The molecule has 4 fully saturated rings. The number of hydrogen-bond acceptors (Lipinski definition) is 4. The molecule has 0 aromatic rings. The number of rotatable bonds is 10. The summed E-state index contributed by atoms with van der Waals surface area (Å²) in [6.07, 6.45) is 33.8. The quantitative estimate of drug-likeness (QED) is 0.199. The van der Waals surface area contributed by atoms with E-state index in [4.69, 9.17) is 9.47 Å². The summed E-state index contributed by atoms with van der Waals surface area (Å²) in [6.45, 7) is 19.3. The van der Waals surface area contributed by atoms with E-state index < -0.39 is 0 Å². The van der Waals surface area contributed by atoms with Gasteiger partial charge in [-0.05, 0) is 59.6 Å². The molecule has 0 amide bonds. The van der Waals surface area contributed by atoms with Crippen molar-refractivity contribution in [3.63, 3.8) is 0 Å². The Balaban J connectivity index is 1.23. The van der Waals surface area contributed by atoms with Crippen molar-refractivity contribution in [1.29, 1.82) is 0 Å². The van der Waals surface area contributed by atoms with E-state index in [-0.39, 0.29) is 45.4 Å². The second-order valence-corrected chi connectivity index (χ2v) is 14.9. The summed E-state index contributed by atoms with van der Waals surface area (Å²) in [4.78, 5) is 0. The molecule has 4 rings (SSSR count). The van der Waals surface area contributed by atoms with Crippen molar-refractivity contribution >= 4 is 0 Å². The molecule has 43 heavy (non-hydrogen) atoms. The molecular formula is C39H54O4. The number of aliphatic hydroxyl groups is 2. The van der Waals surface area contributed by atoms with Gasteiger partial charge in [0.25, 0.3) is 0 Å². The lowest BCUT2D eigenvalue weighted by Crippen LogP contribution is -2.46. The lowest BCUT2D eigenvalue weighted by atomic mass is 9.63. The molecule has 234 valence electrons. The third kappa shape index (κ3) is 6.78. The van der Waals surface area contributed by atoms with Crippen molar-refractivity contribution in [3.05, 3.63) is 108 Å². The maximum atomic E-state index is 10.2. The molecule has 0 bridgehead atoms. The van der Waals surface area contributed by atoms with Crippen LogP contribution in [0.2, 0.25) is 0 Å². The number of fused-ring (bicyclic) bond motifs is 2. The fourth-order valence-electron chi connectivity index (χ4n) is 7.86. The van der Waals surface area contributed by atoms with Crippen LogP contribution in [0.3, 0.4) is 0 Å². The van der Waals surface area contributed by atoms with Crippen LogP contribution in [0.25, 0.3) is 0 Å². The summed E-state index contributed by atoms with van der Waals surface area (Å²) in [7, 11) is 0. The van der Waals surface area contributed by atoms with Crippen LogP contribution >= 0.6 is 0 Å². The Morgan fingerprint density at radius 2 is 0.930 bits per heavy atom. The highest BCUT2D eigenvalue weighted by Crippen LogP contribution is 2.67. The van der Waals surface area contributed by atoms with E-state index in [1.54, 1.807) is 0 Å². The summed E-state index contributed by atoms with van der Waals surface area (Å²) in [5, 5.41) is 20.4. The summed E-state index contributed by atoms with van der Waals surface area (Å²) in [5.41, 5.74) is 2.22. The standard InChI is InChI=1S/C39H54O4/c1-29(17-12-10-11-15-23-38-34(4,5)25-32(40)27-36(38,8)42-38)18-13-14-19-30(2)20-16-21-31(3)22-24-39-35(6,7)26-33(41)28-37(39,9)43-39/h10-24,32-33,40-41H,25-28H2,1-9H3/b11-10+,14-13+,17-12+,20-16+,23-15+,24-22+,29-18+,30-19+,31-21+/t32-,33-,36+,37+,38-,39-/m0/s1. The largest absolute Gasteiger partial charge is 0.393 e. The molecule has 2 saturated heterocycles. The second-order valence-electron chi connectivity index (χ2n) is 14.9. The van der Waals surface area contributed by atoms with E-state index in [0.717, 1.165) is 12.8 Å². The van der Waals surface area contributed by atoms with Crippen molar-refractivity contribution in [2.45, 2.75) is 123 Å². The molecular weight excluding hydrogens is 532 g/mol. The lowest BCUT2D eigenvalue weighted by Gasteiger charge is -2.39. The van der Waals surface area contributed by atoms with Gasteiger partial charge in [-0.3, -0.25) is 0 Å². The predicted molar refractivity (Wildman–Crippen MR) is 179 cm³/mol. The van der Waals surface area contributed by atoms with Crippen LogP contribution in [-0.2, 0) is 9.47 Å². The van der Waals surface area contributed by atoms with Gasteiger partial charge in [-0.2, -0.15) is 0 Å². The molecule has 0 aromatic carbocycles. The van der Waals surface area contributed by atoms with Crippen LogP contribution in [-0.4, -0.2) is 44.8 Å². The van der Waals surface area contributed by atoms with Crippen molar-refractivity contribution in [2.24, 2.45) is 10.8 Å². The van der Waals surface area contributed by atoms with Crippen LogP contribution in [0.15, 0.2) is 108 Å². The van der Waals surface area contributed by atoms with Gasteiger partial charge in [-0.15, -0.1) is 0 Å². The van der Waals surface area contributed by atoms with Crippen LogP contribution in [0.4, 0.5) is 0 Å². The molecule has 4 nitrogen and oxygen atoms in total. The van der Waals surface area contributed by atoms with Crippen LogP contribution in [0.5, 0.6) is 0 Å².